The summed E-state index contributed by atoms with van der Waals surface area (Å²) in [6.07, 6.45) is 0. The Morgan fingerprint density at radius 1 is 0.773 bits per heavy atom. The summed E-state index contributed by atoms with van der Waals surface area (Å²) in [6.45, 7) is 0. The summed E-state index contributed by atoms with van der Waals surface area (Å²) < 4.78 is 16.3. The summed E-state index contributed by atoms with van der Waals surface area (Å²) in [5.74, 6) is 2.31. The fourth-order valence-corrected chi connectivity index (χ4v) is 3.23. The summed E-state index contributed by atoms with van der Waals surface area (Å²) in [5, 5.41) is 5.37. The average molecular weight is 361 g/mol. The van der Waals surface area contributed by atoms with Crippen molar-refractivity contribution < 1.29 is 14.2 Å². The topological polar surface area (TPSA) is 27.7 Å². The lowest BCUT2D eigenvalue weighted by Crippen LogP contribution is -1.93. The molecular formula is C18H17BrO3. The largest absolute Gasteiger partial charge is 0.497 e. The molecule has 114 valence electrons. The van der Waals surface area contributed by atoms with E-state index in [0.29, 0.717) is 0 Å². The van der Waals surface area contributed by atoms with Crippen LogP contribution in [0.25, 0.3) is 21.5 Å². The van der Waals surface area contributed by atoms with Gasteiger partial charge >= 0.3 is 0 Å². The zero-order valence-electron chi connectivity index (χ0n) is 12.8. The average Bonchev–Trinajstić information content (AvgIpc) is 2.59. The molecule has 0 aromatic heterocycles. The van der Waals surface area contributed by atoms with E-state index in [1.807, 2.05) is 18.2 Å². The molecule has 22 heavy (non-hydrogen) atoms. The molecule has 3 aromatic rings. The highest BCUT2D eigenvalue weighted by molar-refractivity contribution is 9.08. The predicted molar refractivity (Wildman–Crippen MR) is 93.7 cm³/mol. The van der Waals surface area contributed by atoms with E-state index in [1.165, 1.54) is 10.9 Å². The third-order valence-corrected chi connectivity index (χ3v) is 4.50. The van der Waals surface area contributed by atoms with Crippen LogP contribution in [0.15, 0.2) is 36.4 Å². The minimum atomic E-state index is 0.728. The smallest absolute Gasteiger partial charge is 0.161 e. The SMILES string of the molecule is COc1ccc2cc(CBr)c3cc(OC)c(OC)cc3c2c1. The maximum Gasteiger partial charge on any atom is 0.161 e. The number of methoxy groups -OCH3 is 3. The monoisotopic (exact) mass is 360 g/mol. The molecule has 0 aliphatic carbocycles. The van der Waals surface area contributed by atoms with Crippen LogP contribution in [-0.2, 0) is 5.33 Å². The molecule has 3 rings (SSSR count). The third kappa shape index (κ3) is 2.37. The molecule has 3 nitrogen and oxygen atoms in total. The van der Waals surface area contributed by atoms with Crippen LogP contribution in [-0.4, -0.2) is 21.3 Å². The molecular weight excluding hydrogens is 344 g/mol. The second kappa shape index (κ2) is 6.05. The van der Waals surface area contributed by atoms with Gasteiger partial charge in [-0.15, -0.1) is 0 Å². The minimum Gasteiger partial charge on any atom is -0.497 e. The van der Waals surface area contributed by atoms with Crippen molar-refractivity contribution in [3.05, 3.63) is 42.0 Å². The minimum absolute atomic E-state index is 0.728. The summed E-state index contributed by atoms with van der Waals surface area (Å²) in [5.41, 5.74) is 1.22. The van der Waals surface area contributed by atoms with Crippen LogP contribution in [0.5, 0.6) is 17.2 Å². The molecule has 0 aliphatic rings. The number of rotatable bonds is 4. The van der Waals surface area contributed by atoms with E-state index in [4.69, 9.17) is 14.2 Å². The lowest BCUT2D eigenvalue weighted by atomic mass is 9.97. The molecule has 0 bridgehead atoms. The summed E-state index contributed by atoms with van der Waals surface area (Å²) in [4.78, 5) is 0. The fourth-order valence-electron chi connectivity index (χ4n) is 2.76. The Bertz CT molecular complexity index is 843. The molecule has 0 saturated heterocycles. The molecule has 0 amide bonds. The number of ether oxygens (including phenoxy) is 3. The van der Waals surface area contributed by atoms with Crippen LogP contribution in [0.3, 0.4) is 0 Å². The number of benzene rings is 3. The van der Waals surface area contributed by atoms with Gasteiger partial charge in [-0.05, 0) is 57.4 Å². The van der Waals surface area contributed by atoms with Crippen molar-refractivity contribution in [1.29, 1.82) is 0 Å². The quantitative estimate of drug-likeness (QED) is 0.488. The second-order valence-corrected chi connectivity index (χ2v) is 5.57. The van der Waals surface area contributed by atoms with Crippen molar-refractivity contribution in [3.63, 3.8) is 0 Å². The third-order valence-electron chi connectivity index (χ3n) is 3.89. The van der Waals surface area contributed by atoms with Gasteiger partial charge in [0.1, 0.15) is 5.75 Å². The lowest BCUT2D eigenvalue weighted by molar-refractivity contribution is 0.356. The lowest BCUT2D eigenvalue weighted by Gasteiger charge is -2.14. The fraction of sp³-hybridized carbons (Fsp3) is 0.222. The molecule has 0 saturated carbocycles. The first-order valence-electron chi connectivity index (χ1n) is 6.93. The highest BCUT2D eigenvalue weighted by atomic mass is 79.9. The van der Waals surface area contributed by atoms with Crippen LogP contribution in [0.2, 0.25) is 0 Å². The van der Waals surface area contributed by atoms with Crippen LogP contribution in [0.1, 0.15) is 5.56 Å². The van der Waals surface area contributed by atoms with Gasteiger partial charge in [0.25, 0.3) is 0 Å². The maximum absolute atomic E-state index is 5.46. The van der Waals surface area contributed by atoms with Gasteiger partial charge in [0, 0.05) is 5.33 Å². The molecule has 0 N–H and O–H groups in total. The van der Waals surface area contributed by atoms with Gasteiger partial charge in [0.15, 0.2) is 11.5 Å². The van der Waals surface area contributed by atoms with Gasteiger partial charge in [0.05, 0.1) is 21.3 Å². The van der Waals surface area contributed by atoms with Gasteiger partial charge in [-0.2, -0.15) is 0 Å². The Morgan fingerprint density at radius 2 is 1.45 bits per heavy atom. The number of fused-ring (bicyclic) bond motifs is 3. The van der Waals surface area contributed by atoms with Crippen LogP contribution in [0.4, 0.5) is 0 Å². The normalized spacial score (nSPS) is 10.9. The summed E-state index contributed by atoms with van der Waals surface area (Å²) >= 11 is 3.58. The van der Waals surface area contributed by atoms with E-state index in [0.717, 1.165) is 38.7 Å². The first kappa shape index (κ1) is 15.0. The maximum atomic E-state index is 5.46. The van der Waals surface area contributed by atoms with Crippen molar-refractivity contribution in [1.82, 2.24) is 0 Å². The molecule has 4 heteroatoms. The van der Waals surface area contributed by atoms with E-state index in [9.17, 15) is 0 Å². The number of hydrogen-bond donors (Lipinski definition) is 0. The van der Waals surface area contributed by atoms with Gasteiger partial charge < -0.3 is 14.2 Å². The Morgan fingerprint density at radius 3 is 2.05 bits per heavy atom. The Labute approximate surface area is 137 Å². The van der Waals surface area contributed by atoms with Gasteiger partial charge in [-0.3, -0.25) is 0 Å². The Hall–Kier alpha value is -1.94. The van der Waals surface area contributed by atoms with Crippen LogP contribution >= 0.6 is 15.9 Å². The van der Waals surface area contributed by atoms with E-state index in [2.05, 4.69) is 34.1 Å². The molecule has 0 fully saturated rings. The van der Waals surface area contributed by atoms with E-state index in [-0.39, 0.29) is 0 Å². The molecule has 0 atom stereocenters. The summed E-state index contributed by atoms with van der Waals surface area (Å²) in [6, 6.07) is 12.4. The van der Waals surface area contributed by atoms with E-state index in [1.54, 1.807) is 21.3 Å². The van der Waals surface area contributed by atoms with Gasteiger partial charge in [-0.25, -0.2) is 0 Å². The van der Waals surface area contributed by atoms with Crippen molar-refractivity contribution in [2.45, 2.75) is 5.33 Å². The zero-order valence-corrected chi connectivity index (χ0v) is 14.4. The Kier molecular flexibility index (Phi) is 4.12. The molecule has 0 heterocycles. The van der Waals surface area contributed by atoms with Crippen molar-refractivity contribution >= 4 is 37.5 Å². The second-order valence-electron chi connectivity index (χ2n) is 5.01. The zero-order chi connectivity index (χ0) is 15.7. The van der Waals surface area contributed by atoms with Gasteiger partial charge in [-0.1, -0.05) is 22.0 Å². The number of alkyl halides is 1. The molecule has 0 unspecified atom stereocenters. The summed E-state index contributed by atoms with van der Waals surface area (Å²) in [7, 11) is 4.99. The Balaban J connectivity index is 2.46. The van der Waals surface area contributed by atoms with Crippen molar-refractivity contribution in [2.75, 3.05) is 21.3 Å². The number of hydrogen-bond acceptors (Lipinski definition) is 3. The van der Waals surface area contributed by atoms with E-state index < -0.39 is 0 Å². The van der Waals surface area contributed by atoms with Gasteiger partial charge in [0.2, 0.25) is 0 Å². The molecule has 0 radical (unpaired) electrons. The predicted octanol–water partition coefficient (Wildman–Crippen LogP) is 4.91. The van der Waals surface area contributed by atoms with Crippen molar-refractivity contribution in [3.8, 4) is 17.2 Å². The first-order valence-corrected chi connectivity index (χ1v) is 8.05. The van der Waals surface area contributed by atoms with Crippen molar-refractivity contribution in [2.24, 2.45) is 0 Å². The van der Waals surface area contributed by atoms with Crippen LogP contribution in [0, 0.1) is 0 Å². The highest BCUT2D eigenvalue weighted by Gasteiger charge is 2.12. The molecule has 0 spiro atoms. The number of halogens is 1. The first-order chi connectivity index (χ1) is 10.7. The highest BCUT2D eigenvalue weighted by Crippen LogP contribution is 2.39. The van der Waals surface area contributed by atoms with E-state index >= 15 is 0 Å². The molecule has 3 aromatic carbocycles. The standard InChI is InChI=1S/C18H17BrO3/c1-20-13-5-4-11-6-12(10-19)15-8-17(21-2)18(22-3)9-16(15)14(11)7-13/h4-9H,10H2,1-3H3. The molecule has 0 aliphatic heterocycles. The van der Waals surface area contributed by atoms with Crippen LogP contribution < -0.4 is 14.2 Å².